The maximum atomic E-state index is 10.3. The van der Waals surface area contributed by atoms with E-state index in [4.69, 9.17) is 9.63 Å². The standard InChI is InChI=1S/C7H15O4P/c1-3-5-6-7(10-4-2)11-12(8)9/h7H,3-6H2,1-2H3/p+1. The van der Waals surface area contributed by atoms with Crippen molar-refractivity contribution < 1.29 is 18.7 Å². The summed E-state index contributed by atoms with van der Waals surface area (Å²) in [6.07, 6.45) is 2.11. The van der Waals surface area contributed by atoms with Crippen molar-refractivity contribution >= 4 is 8.25 Å². The lowest BCUT2D eigenvalue weighted by Crippen LogP contribution is -2.13. The summed E-state index contributed by atoms with van der Waals surface area (Å²) in [6, 6.07) is 0. The summed E-state index contributed by atoms with van der Waals surface area (Å²) in [6.45, 7) is 4.37. The van der Waals surface area contributed by atoms with Crippen molar-refractivity contribution in [1.82, 2.24) is 0 Å². The quantitative estimate of drug-likeness (QED) is 0.499. The monoisotopic (exact) mass is 195 g/mol. The van der Waals surface area contributed by atoms with E-state index in [0.29, 0.717) is 13.0 Å². The Morgan fingerprint density at radius 3 is 2.58 bits per heavy atom. The van der Waals surface area contributed by atoms with Crippen molar-refractivity contribution in [2.75, 3.05) is 6.61 Å². The summed E-state index contributed by atoms with van der Waals surface area (Å²) in [5.41, 5.74) is 0. The lowest BCUT2D eigenvalue weighted by molar-refractivity contribution is -0.0812. The number of hydrogen-bond acceptors (Lipinski definition) is 3. The largest absolute Gasteiger partial charge is 0.697 e. The van der Waals surface area contributed by atoms with Gasteiger partial charge < -0.3 is 4.74 Å². The first-order valence-electron chi connectivity index (χ1n) is 4.15. The predicted molar refractivity (Wildman–Crippen MR) is 45.8 cm³/mol. The van der Waals surface area contributed by atoms with Crippen LogP contribution in [-0.4, -0.2) is 17.8 Å². The van der Waals surface area contributed by atoms with Crippen molar-refractivity contribution in [3.05, 3.63) is 0 Å². The van der Waals surface area contributed by atoms with Gasteiger partial charge in [-0.25, -0.2) is 0 Å². The molecule has 0 saturated carbocycles. The molecule has 0 aromatic heterocycles. The fourth-order valence-corrected chi connectivity index (χ4v) is 1.19. The maximum Gasteiger partial charge on any atom is 0.697 e. The number of hydrogen-bond donors (Lipinski definition) is 1. The van der Waals surface area contributed by atoms with Gasteiger partial charge in [0.1, 0.15) is 0 Å². The molecule has 0 radical (unpaired) electrons. The van der Waals surface area contributed by atoms with E-state index in [-0.39, 0.29) is 0 Å². The minimum absolute atomic E-state index is 0.498. The highest BCUT2D eigenvalue weighted by Gasteiger charge is 2.22. The summed E-state index contributed by atoms with van der Waals surface area (Å²) in [4.78, 5) is 8.46. The first kappa shape index (κ1) is 12.0. The fourth-order valence-electron chi connectivity index (χ4n) is 0.824. The van der Waals surface area contributed by atoms with Crippen LogP contribution in [0, 0.1) is 0 Å². The smallest absolute Gasteiger partial charge is 0.349 e. The summed E-state index contributed by atoms with van der Waals surface area (Å²) in [5, 5.41) is 0. The molecule has 0 saturated heterocycles. The third kappa shape index (κ3) is 6.68. The second-order valence-electron chi connectivity index (χ2n) is 2.37. The lowest BCUT2D eigenvalue weighted by Gasteiger charge is -2.08. The highest BCUT2D eigenvalue weighted by atomic mass is 31.1. The molecular weight excluding hydrogens is 179 g/mol. The van der Waals surface area contributed by atoms with E-state index in [1.54, 1.807) is 0 Å². The van der Waals surface area contributed by atoms with Crippen LogP contribution < -0.4 is 0 Å². The molecule has 0 aromatic rings. The van der Waals surface area contributed by atoms with Gasteiger partial charge in [-0.15, -0.1) is 4.89 Å². The van der Waals surface area contributed by atoms with Crippen molar-refractivity contribution in [2.45, 2.75) is 39.4 Å². The minimum Gasteiger partial charge on any atom is -0.349 e. The molecular formula is C7H16O4P+. The van der Waals surface area contributed by atoms with Crippen molar-refractivity contribution in [3.63, 3.8) is 0 Å². The van der Waals surface area contributed by atoms with Crippen LogP contribution in [0.3, 0.4) is 0 Å². The van der Waals surface area contributed by atoms with Gasteiger partial charge in [-0.05, 0) is 13.3 Å². The van der Waals surface area contributed by atoms with Crippen LogP contribution in [0.2, 0.25) is 0 Å². The summed E-state index contributed by atoms with van der Waals surface area (Å²) < 4.78 is 20.0. The molecule has 0 heterocycles. The van der Waals surface area contributed by atoms with Gasteiger partial charge in [0, 0.05) is 17.6 Å². The maximum absolute atomic E-state index is 10.3. The average molecular weight is 195 g/mol. The number of unbranched alkanes of at least 4 members (excludes halogenated alkanes) is 1. The molecule has 5 heteroatoms. The molecule has 0 rings (SSSR count). The molecule has 0 fully saturated rings. The Bertz CT molecular complexity index is 129. The van der Waals surface area contributed by atoms with E-state index in [1.807, 2.05) is 13.8 Å². The molecule has 0 aliphatic rings. The van der Waals surface area contributed by atoms with Gasteiger partial charge in [-0.3, -0.25) is 0 Å². The third-order valence-corrected chi connectivity index (χ3v) is 1.77. The highest BCUT2D eigenvalue weighted by molar-refractivity contribution is 7.32. The van der Waals surface area contributed by atoms with Gasteiger partial charge in [0.25, 0.3) is 0 Å². The molecule has 2 atom stereocenters. The molecule has 0 aliphatic heterocycles. The van der Waals surface area contributed by atoms with Gasteiger partial charge in [0.2, 0.25) is 6.29 Å². The molecule has 0 aliphatic carbocycles. The molecule has 2 unspecified atom stereocenters. The van der Waals surface area contributed by atoms with Crippen molar-refractivity contribution in [3.8, 4) is 0 Å². The van der Waals surface area contributed by atoms with Crippen LogP contribution in [0.4, 0.5) is 0 Å². The third-order valence-electron chi connectivity index (χ3n) is 1.35. The Morgan fingerprint density at radius 2 is 2.17 bits per heavy atom. The molecule has 0 amide bonds. The SMILES string of the molecule is CCCCC(OCC)O[P+](=O)O. The van der Waals surface area contributed by atoms with Gasteiger partial charge in [-0.1, -0.05) is 17.9 Å². The average Bonchev–Trinajstić information content (AvgIpc) is 2.00. The topological polar surface area (TPSA) is 55.8 Å². The molecule has 4 nitrogen and oxygen atoms in total. The normalized spacial score (nSPS) is 14.4. The van der Waals surface area contributed by atoms with Crippen LogP contribution in [-0.2, 0) is 13.8 Å². The van der Waals surface area contributed by atoms with Crippen LogP contribution in [0.1, 0.15) is 33.1 Å². The van der Waals surface area contributed by atoms with Crippen LogP contribution in [0.15, 0.2) is 0 Å². The van der Waals surface area contributed by atoms with Crippen molar-refractivity contribution in [2.24, 2.45) is 0 Å². The minimum atomic E-state index is -2.54. The van der Waals surface area contributed by atoms with Crippen LogP contribution in [0.25, 0.3) is 0 Å². The molecule has 0 spiro atoms. The fraction of sp³-hybridized carbons (Fsp3) is 1.00. The van der Waals surface area contributed by atoms with Crippen LogP contribution in [0.5, 0.6) is 0 Å². The van der Waals surface area contributed by atoms with E-state index in [0.717, 1.165) is 12.8 Å². The molecule has 0 bridgehead atoms. The zero-order chi connectivity index (χ0) is 9.40. The van der Waals surface area contributed by atoms with Gasteiger partial charge >= 0.3 is 8.25 Å². The molecule has 12 heavy (non-hydrogen) atoms. The second-order valence-corrected chi connectivity index (χ2v) is 3.06. The van der Waals surface area contributed by atoms with Crippen LogP contribution >= 0.6 is 8.25 Å². The zero-order valence-electron chi connectivity index (χ0n) is 7.52. The van der Waals surface area contributed by atoms with Gasteiger partial charge in [-0.2, -0.15) is 0 Å². The first-order chi connectivity index (χ1) is 5.70. The van der Waals surface area contributed by atoms with Gasteiger partial charge in [0.05, 0.1) is 0 Å². The number of rotatable bonds is 7. The van der Waals surface area contributed by atoms with Gasteiger partial charge in [0.15, 0.2) is 0 Å². The Balaban J connectivity index is 3.61. The van der Waals surface area contributed by atoms with E-state index in [2.05, 4.69) is 4.52 Å². The van der Waals surface area contributed by atoms with Crippen molar-refractivity contribution in [1.29, 1.82) is 0 Å². The Hall–Kier alpha value is -0.0200. The first-order valence-corrected chi connectivity index (χ1v) is 5.28. The Morgan fingerprint density at radius 1 is 1.50 bits per heavy atom. The highest BCUT2D eigenvalue weighted by Crippen LogP contribution is 2.21. The molecule has 1 N–H and O–H groups in total. The summed E-state index contributed by atoms with van der Waals surface area (Å²) in [5.74, 6) is 0. The van der Waals surface area contributed by atoms with E-state index in [1.165, 1.54) is 0 Å². The summed E-state index contributed by atoms with van der Waals surface area (Å²) in [7, 11) is -2.54. The van der Waals surface area contributed by atoms with E-state index in [9.17, 15) is 4.57 Å². The second kappa shape index (κ2) is 7.62. The Labute approximate surface area is 73.8 Å². The molecule has 0 aromatic carbocycles. The Kier molecular flexibility index (Phi) is 7.61. The van der Waals surface area contributed by atoms with E-state index < -0.39 is 14.5 Å². The lowest BCUT2D eigenvalue weighted by atomic mass is 10.2. The number of ether oxygens (including phenoxy) is 1. The molecule has 72 valence electrons. The zero-order valence-corrected chi connectivity index (χ0v) is 8.42. The van der Waals surface area contributed by atoms with E-state index >= 15 is 0 Å². The predicted octanol–water partition coefficient (Wildman–Crippen LogP) is 2.21. The summed E-state index contributed by atoms with van der Waals surface area (Å²) >= 11 is 0.